The Balaban J connectivity index is 2.20. The maximum absolute atomic E-state index is 12.2. The molecule has 1 aliphatic carbocycles. The lowest BCUT2D eigenvalue weighted by atomic mass is 10.0. The van der Waals surface area contributed by atoms with Crippen LogP contribution in [0.3, 0.4) is 0 Å². The van der Waals surface area contributed by atoms with Gasteiger partial charge in [-0.3, -0.25) is 0 Å². The number of rotatable bonds is 0. The van der Waals surface area contributed by atoms with Crippen molar-refractivity contribution in [2.45, 2.75) is 0 Å². The fraction of sp³-hybridized carbons (Fsp3) is 0. The van der Waals surface area contributed by atoms with E-state index in [9.17, 15) is 4.79 Å². The molecular formula is C17H8Cl2O2. The van der Waals surface area contributed by atoms with Gasteiger partial charge in [-0.2, -0.15) is 0 Å². The molecule has 0 amide bonds. The number of fused-ring (bicyclic) bond motifs is 5. The van der Waals surface area contributed by atoms with Gasteiger partial charge in [-0.05, 0) is 29.3 Å². The average molecular weight is 315 g/mol. The van der Waals surface area contributed by atoms with Crippen molar-refractivity contribution in [3.63, 3.8) is 0 Å². The highest BCUT2D eigenvalue weighted by molar-refractivity contribution is 6.42. The zero-order valence-corrected chi connectivity index (χ0v) is 12.3. The zero-order valence-electron chi connectivity index (χ0n) is 10.7. The van der Waals surface area contributed by atoms with Crippen LogP contribution in [0.25, 0.3) is 27.7 Å². The minimum atomic E-state index is -0.365. The van der Waals surface area contributed by atoms with Crippen LogP contribution in [0.4, 0.5) is 0 Å². The predicted molar refractivity (Wildman–Crippen MR) is 86.1 cm³/mol. The largest absolute Gasteiger partial charge is 0.422 e. The molecule has 0 atom stereocenters. The molecular weight excluding hydrogens is 307 g/mol. The second-order valence-corrected chi connectivity index (χ2v) is 5.74. The first-order valence-electron chi connectivity index (χ1n) is 6.33. The number of benzene rings is 2. The summed E-state index contributed by atoms with van der Waals surface area (Å²) < 4.78 is 5.51. The van der Waals surface area contributed by atoms with Crippen LogP contribution < -0.4 is 5.63 Å². The number of hydrogen-bond acceptors (Lipinski definition) is 2. The lowest BCUT2D eigenvalue weighted by molar-refractivity contribution is 0.535. The highest BCUT2D eigenvalue weighted by Gasteiger charge is 2.28. The number of hydrogen-bond donors (Lipinski definition) is 0. The summed E-state index contributed by atoms with van der Waals surface area (Å²) in [5.41, 5.74) is 2.86. The molecule has 2 nitrogen and oxygen atoms in total. The molecule has 1 aliphatic rings. The van der Waals surface area contributed by atoms with Gasteiger partial charge in [0.15, 0.2) is 0 Å². The van der Waals surface area contributed by atoms with Gasteiger partial charge in [0, 0.05) is 16.5 Å². The molecule has 0 unspecified atom stereocenters. The van der Waals surface area contributed by atoms with E-state index in [1.807, 2.05) is 18.2 Å². The molecule has 0 N–H and O–H groups in total. The van der Waals surface area contributed by atoms with Gasteiger partial charge >= 0.3 is 5.63 Å². The normalized spacial score (nSPS) is 12.6. The van der Waals surface area contributed by atoms with Crippen molar-refractivity contribution < 1.29 is 4.42 Å². The standard InChI is InChI=1S/C17H8Cl2O2/c1-8-11-6-13(18)14(19)7-12(11)16-15(8)9-4-2-3-5-10(9)17(20)21-16/h2-7H,1H2. The van der Waals surface area contributed by atoms with Crippen molar-refractivity contribution in [3.8, 4) is 11.3 Å². The summed E-state index contributed by atoms with van der Waals surface area (Å²) in [6.45, 7) is 4.12. The first kappa shape index (κ1) is 12.7. The van der Waals surface area contributed by atoms with Crippen LogP contribution in [0.2, 0.25) is 10.0 Å². The first-order valence-corrected chi connectivity index (χ1v) is 7.08. The number of halogens is 2. The molecule has 0 spiro atoms. The Hall–Kier alpha value is -2.03. The fourth-order valence-electron chi connectivity index (χ4n) is 2.81. The summed E-state index contributed by atoms with van der Waals surface area (Å²) in [5.74, 6) is 0.511. The minimum Gasteiger partial charge on any atom is -0.422 e. The van der Waals surface area contributed by atoms with E-state index in [0.29, 0.717) is 21.2 Å². The Morgan fingerprint density at radius 1 is 0.952 bits per heavy atom. The van der Waals surface area contributed by atoms with Crippen LogP contribution in [0, 0.1) is 0 Å². The van der Waals surface area contributed by atoms with Gasteiger partial charge < -0.3 is 4.42 Å². The minimum absolute atomic E-state index is 0.365. The Kier molecular flexibility index (Phi) is 2.56. The van der Waals surface area contributed by atoms with Crippen molar-refractivity contribution in [3.05, 3.63) is 74.6 Å². The van der Waals surface area contributed by atoms with Crippen molar-refractivity contribution in [1.82, 2.24) is 0 Å². The van der Waals surface area contributed by atoms with Gasteiger partial charge in [0.05, 0.1) is 15.4 Å². The maximum Gasteiger partial charge on any atom is 0.344 e. The van der Waals surface area contributed by atoms with Crippen LogP contribution in [-0.4, -0.2) is 0 Å². The van der Waals surface area contributed by atoms with Crippen molar-refractivity contribution in [2.75, 3.05) is 0 Å². The van der Waals surface area contributed by atoms with E-state index in [0.717, 1.165) is 27.6 Å². The van der Waals surface area contributed by atoms with Crippen LogP contribution >= 0.6 is 23.2 Å². The van der Waals surface area contributed by atoms with E-state index >= 15 is 0 Å². The molecule has 2 aromatic carbocycles. The Morgan fingerprint density at radius 2 is 1.57 bits per heavy atom. The SMILES string of the molecule is C=C1c2cc(Cl)c(Cl)cc2-c2oc(=O)c3ccccc3c21. The third kappa shape index (κ3) is 1.63. The summed E-state index contributed by atoms with van der Waals surface area (Å²) in [6, 6.07) is 10.8. The third-order valence-corrected chi connectivity index (χ3v) is 4.49. The van der Waals surface area contributed by atoms with Crippen molar-refractivity contribution >= 4 is 39.5 Å². The second-order valence-electron chi connectivity index (χ2n) is 4.93. The van der Waals surface area contributed by atoms with Gasteiger partial charge in [-0.15, -0.1) is 0 Å². The second kappa shape index (κ2) is 4.23. The van der Waals surface area contributed by atoms with Crippen LogP contribution in [0.1, 0.15) is 11.1 Å². The summed E-state index contributed by atoms with van der Waals surface area (Å²) in [7, 11) is 0. The van der Waals surface area contributed by atoms with E-state index in [4.69, 9.17) is 27.6 Å². The zero-order chi connectivity index (χ0) is 14.7. The van der Waals surface area contributed by atoms with E-state index in [1.54, 1.807) is 18.2 Å². The average Bonchev–Trinajstić information content (AvgIpc) is 2.73. The lowest BCUT2D eigenvalue weighted by Crippen LogP contribution is -2.01. The molecule has 0 aliphatic heterocycles. The molecule has 21 heavy (non-hydrogen) atoms. The molecule has 0 saturated heterocycles. The molecule has 1 heterocycles. The van der Waals surface area contributed by atoms with E-state index in [-0.39, 0.29) is 5.63 Å². The summed E-state index contributed by atoms with van der Waals surface area (Å²) in [5, 5.41) is 2.25. The smallest absolute Gasteiger partial charge is 0.344 e. The summed E-state index contributed by atoms with van der Waals surface area (Å²) in [4.78, 5) is 12.2. The van der Waals surface area contributed by atoms with Crippen molar-refractivity contribution in [1.29, 1.82) is 0 Å². The Bertz CT molecular complexity index is 1000. The molecule has 1 aromatic heterocycles. The molecule has 3 aromatic rings. The van der Waals surface area contributed by atoms with Crippen LogP contribution in [0.15, 0.2) is 52.2 Å². The molecule has 102 valence electrons. The lowest BCUT2D eigenvalue weighted by Gasteiger charge is -2.04. The molecule has 0 saturated carbocycles. The highest BCUT2D eigenvalue weighted by atomic mass is 35.5. The highest BCUT2D eigenvalue weighted by Crippen LogP contribution is 2.47. The van der Waals surface area contributed by atoms with E-state index in [1.165, 1.54) is 0 Å². The van der Waals surface area contributed by atoms with Gasteiger partial charge in [0.1, 0.15) is 5.76 Å². The maximum atomic E-state index is 12.2. The molecule has 4 rings (SSSR count). The van der Waals surface area contributed by atoms with Gasteiger partial charge in [-0.25, -0.2) is 4.79 Å². The van der Waals surface area contributed by atoms with Crippen LogP contribution in [0.5, 0.6) is 0 Å². The summed E-state index contributed by atoms with van der Waals surface area (Å²) in [6.07, 6.45) is 0. The predicted octanol–water partition coefficient (Wildman–Crippen LogP) is 5.14. The third-order valence-electron chi connectivity index (χ3n) is 3.77. The Labute approximate surface area is 130 Å². The first-order chi connectivity index (χ1) is 10.1. The van der Waals surface area contributed by atoms with Gasteiger partial charge in [0.25, 0.3) is 0 Å². The Morgan fingerprint density at radius 3 is 2.29 bits per heavy atom. The van der Waals surface area contributed by atoms with Crippen LogP contribution in [-0.2, 0) is 0 Å². The monoisotopic (exact) mass is 314 g/mol. The van der Waals surface area contributed by atoms with E-state index < -0.39 is 0 Å². The topological polar surface area (TPSA) is 30.2 Å². The van der Waals surface area contributed by atoms with Gasteiger partial charge in [0.2, 0.25) is 0 Å². The molecule has 0 radical (unpaired) electrons. The van der Waals surface area contributed by atoms with Crippen molar-refractivity contribution in [2.24, 2.45) is 0 Å². The quantitative estimate of drug-likeness (QED) is 0.450. The fourth-order valence-corrected chi connectivity index (χ4v) is 3.14. The molecule has 0 fully saturated rings. The molecule has 0 bridgehead atoms. The van der Waals surface area contributed by atoms with Gasteiger partial charge in [-0.1, -0.05) is 48.0 Å². The van der Waals surface area contributed by atoms with E-state index in [2.05, 4.69) is 6.58 Å². The summed E-state index contributed by atoms with van der Waals surface area (Å²) >= 11 is 12.2. The molecule has 4 heteroatoms.